The van der Waals surface area contributed by atoms with Crippen molar-refractivity contribution in [1.82, 2.24) is 9.97 Å². The first-order valence-corrected chi connectivity index (χ1v) is 5.70. The van der Waals surface area contributed by atoms with E-state index < -0.39 is 0 Å². The van der Waals surface area contributed by atoms with Crippen LogP contribution in [0.15, 0.2) is 36.5 Å². The molecule has 2 rings (SSSR count). The van der Waals surface area contributed by atoms with Gasteiger partial charge in [0.1, 0.15) is 11.6 Å². The molecule has 0 bridgehead atoms. The zero-order chi connectivity index (χ0) is 13.7. The van der Waals surface area contributed by atoms with E-state index in [1.54, 1.807) is 30.5 Å². The molecular weight excluding hydrogens is 244 g/mol. The van der Waals surface area contributed by atoms with Crippen LogP contribution in [0.3, 0.4) is 0 Å². The molecule has 6 nitrogen and oxygen atoms in total. The summed E-state index contributed by atoms with van der Waals surface area (Å²) in [5, 5.41) is 3.08. The molecule has 1 aromatic carbocycles. The van der Waals surface area contributed by atoms with Crippen LogP contribution in [0.2, 0.25) is 0 Å². The summed E-state index contributed by atoms with van der Waals surface area (Å²) in [4.78, 5) is 19.7. The molecule has 6 heteroatoms. The fraction of sp³-hybridized carbons (Fsp3) is 0.154. The van der Waals surface area contributed by atoms with Gasteiger partial charge in [-0.15, -0.1) is 0 Å². The van der Waals surface area contributed by atoms with Gasteiger partial charge in [0.15, 0.2) is 0 Å². The summed E-state index contributed by atoms with van der Waals surface area (Å²) in [5.74, 6) is 0.792. The van der Waals surface area contributed by atoms with Gasteiger partial charge in [-0.3, -0.25) is 0 Å². The Morgan fingerprint density at radius 3 is 3.00 bits per heavy atom. The number of nitrogens with zero attached hydrogens (tertiary/aromatic N) is 2. The largest absolute Gasteiger partial charge is 0.465 e. The summed E-state index contributed by atoms with van der Waals surface area (Å²) in [6, 6.07) is 8.69. The molecule has 0 amide bonds. The number of rotatable bonds is 4. The molecule has 0 aliphatic heterocycles. The number of hydrogen-bond donors (Lipinski definition) is 2. The Bertz CT molecular complexity index is 586. The van der Waals surface area contributed by atoms with E-state index in [0.29, 0.717) is 17.2 Å². The Morgan fingerprint density at radius 1 is 1.42 bits per heavy atom. The molecule has 98 valence electrons. The molecule has 1 heterocycles. The second-order valence-corrected chi connectivity index (χ2v) is 3.76. The molecule has 0 aliphatic rings. The molecule has 0 saturated heterocycles. The molecule has 2 aromatic rings. The number of methoxy groups -OCH3 is 1. The summed E-state index contributed by atoms with van der Waals surface area (Å²) >= 11 is 0. The van der Waals surface area contributed by atoms with Gasteiger partial charge in [0.05, 0.1) is 19.2 Å². The highest BCUT2D eigenvalue weighted by Gasteiger charge is 2.06. The van der Waals surface area contributed by atoms with Crippen molar-refractivity contribution in [1.29, 1.82) is 0 Å². The molecule has 0 fully saturated rings. The maximum absolute atomic E-state index is 11.4. The second-order valence-electron chi connectivity index (χ2n) is 3.76. The lowest BCUT2D eigenvalue weighted by atomic mass is 10.2. The minimum absolute atomic E-state index is 0.276. The van der Waals surface area contributed by atoms with E-state index in [9.17, 15) is 4.79 Å². The van der Waals surface area contributed by atoms with Crippen molar-refractivity contribution in [2.75, 3.05) is 12.4 Å². The van der Waals surface area contributed by atoms with Gasteiger partial charge in [-0.05, 0) is 24.3 Å². The molecule has 19 heavy (non-hydrogen) atoms. The van der Waals surface area contributed by atoms with Gasteiger partial charge >= 0.3 is 5.97 Å². The molecule has 0 radical (unpaired) electrons. The topological polar surface area (TPSA) is 90.1 Å². The van der Waals surface area contributed by atoms with Crippen LogP contribution in [0.25, 0.3) is 0 Å². The standard InChI is InChI=1S/C13H14N4O2/c1-19-13(18)9-3-2-4-10(7-9)16-11-5-6-15-12(8-14)17-11/h2-7H,8,14H2,1H3,(H,15,16,17). The van der Waals surface area contributed by atoms with Crippen molar-refractivity contribution in [3.05, 3.63) is 47.9 Å². The number of anilines is 2. The van der Waals surface area contributed by atoms with Crippen LogP contribution in [0.5, 0.6) is 0 Å². The number of carbonyl (C=O) groups excluding carboxylic acids is 1. The summed E-state index contributed by atoms with van der Waals surface area (Å²) in [5.41, 5.74) is 6.69. The Labute approximate surface area is 110 Å². The van der Waals surface area contributed by atoms with Gasteiger partial charge in [-0.25, -0.2) is 14.8 Å². The maximum atomic E-state index is 11.4. The van der Waals surface area contributed by atoms with Crippen LogP contribution in [0.1, 0.15) is 16.2 Å². The minimum atomic E-state index is -0.381. The Hall–Kier alpha value is -2.47. The van der Waals surface area contributed by atoms with E-state index in [0.717, 1.165) is 5.69 Å². The Kier molecular flexibility index (Phi) is 4.04. The number of ether oxygens (including phenoxy) is 1. The number of nitrogens with one attached hydrogen (secondary N) is 1. The summed E-state index contributed by atoms with van der Waals surface area (Å²) < 4.78 is 4.67. The maximum Gasteiger partial charge on any atom is 0.337 e. The highest BCUT2D eigenvalue weighted by atomic mass is 16.5. The number of benzene rings is 1. The van der Waals surface area contributed by atoms with Crippen molar-refractivity contribution in [2.24, 2.45) is 5.73 Å². The molecule has 3 N–H and O–H groups in total. The minimum Gasteiger partial charge on any atom is -0.465 e. The average Bonchev–Trinajstić information content (AvgIpc) is 2.47. The number of esters is 1. The van der Waals surface area contributed by atoms with E-state index >= 15 is 0 Å². The van der Waals surface area contributed by atoms with E-state index in [1.165, 1.54) is 7.11 Å². The van der Waals surface area contributed by atoms with E-state index in [-0.39, 0.29) is 12.5 Å². The third-order valence-corrected chi connectivity index (χ3v) is 2.44. The number of hydrogen-bond acceptors (Lipinski definition) is 6. The van der Waals surface area contributed by atoms with Crippen molar-refractivity contribution in [3.8, 4) is 0 Å². The lowest BCUT2D eigenvalue weighted by Gasteiger charge is -2.07. The van der Waals surface area contributed by atoms with Crippen molar-refractivity contribution < 1.29 is 9.53 Å². The van der Waals surface area contributed by atoms with E-state index in [2.05, 4.69) is 20.0 Å². The van der Waals surface area contributed by atoms with Gasteiger partial charge in [0, 0.05) is 11.9 Å². The predicted molar refractivity (Wildman–Crippen MR) is 71.0 cm³/mol. The molecule has 0 unspecified atom stereocenters. The van der Waals surface area contributed by atoms with Crippen LogP contribution < -0.4 is 11.1 Å². The first-order chi connectivity index (χ1) is 9.22. The van der Waals surface area contributed by atoms with Crippen LogP contribution >= 0.6 is 0 Å². The van der Waals surface area contributed by atoms with Gasteiger partial charge in [0.2, 0.25) is 0 Å². The van der Waals surface area contributed by atoms with Gasteiger partial charge in [-0.2, -0.15) is 0 Å². The van der Waals surface area contributed by atoms with Gasteiger partial charge in [-0.1, -0.05) is 6.07 Å². The van der Waals surface area contributed by atoms with Crippen LogP contribution in [-0.2, 0) is 11.3 Å². The zero-order valence-electron chi connectivity index (χ0n) is 10.5. The lowest BCUT2D eigenvalue weighted by molar-refractivity contribution is 0.0601. The van der Waals surface area contributed by atoms with Crippen molar-refractivity contribution in [2.45, 2.75) is 6.54 Å². The SMILES string of the molecule is COC(=O)c1cccc(Nc2ccnc(CN)n2)c1. The van der Waals surface area contributed by atoms with Crippen LogP contribution in [0, 0.1) is 0 Å². The van der Waals surface area contributed by atoms with Crippen molar-refractivity contribution >= 4 is 17.5 Å². The number of nitrogens with two attached hydrogens (primary N) is 1. The molecule has 0 atom stereocenters. The smallest absolute Gasteiger partial charge is 0.337 e. The zero-order valence-corrected chi connectivity index (χ0v) is 10.5. The van der Waals surface area contributed by atoms with Crippen molar-refractivity contribution in [3.63, 3.8) is 0 Å². The second kappa shape index (κ2) is 5.92. The fourth-order valence-electron chi connectivity index (χ4n) is 1.56. The summed E-state index contributed by atoms with van der Waals surface area (Å²) in [6.07, 6.45) is 1.63. The molecule has 1 aromatic heterocycles. The third-order valence-electron chi connectivity index (χ3n) is 2.44. The average molecular weight is 258 g/mol. The van der Waals surface area contributed by atoms with E-state index in [4.69, 9.17) is 5.73 Å². The normalized spacial score (nSPS) is 10.0. The lowest BCUT2D eigenvalue weighted by Crippen LogP contribution is -2.05. The summed E-state index contributed by atoms with van der Waals surface area (Å²) in [7, 11) is 1.35. The highest BCUT2D eigenvalue weighted by molar-refractivity contribution is 5.90. The quantitative estimate of drug-likeness (QED) is 0.807. The molecule has 0 aliphatic carbocycles. The Balaban J connectivity index is 2.20. The van der Waals surface area contributed by atoms with Gasteiger partial charge < -0.3 is 15.8 Å². The summed E-state index contributed by atoms with van der Waals surface area (Å²) in [6.45, 7) is 0.276. The van der Waals surface area contributed by atoms with Gasteiger partial charge in [0.25, 0.3) is 0 Å². The fourth-order valence-corrected chi connectivity index (χ4v) is 1.56. The Morgan fingerprint density at radius 2 is 2.26 bits per heavy atom. The van der Waals surface area contributed by atoms with Crippen LogP contribution in [0.4, 0.5) is 11.5 Å². The predicted octanol–water partition coefficient (Wildman–Crippen LogP) is 1.47. The number of aromatic nitrogens is 2. The third kappa shape index (κ3) is 3.26. The number of carbonyl (C=O) groups is 1. The van der Waals surface area contributed by atoms with E-state index in [1.807, 2.05) is 6.07 Å². The monoisotopic (exact) mass is 258 g/mol. The highest BCUT2D eigenvalue weighted by Crippen LogP contribution is 2.16. The molecule has 0 spiro atoms. The first kappa shape index (κ1) is 13.0. The van der Waals surface area contributed by atoms with Crippen LogP contribution in [-0.4, -0.2) is 23.0 Å². The molecule has 0 saturated carbocycles. The first-order valence-electron chi connectivity index (χ1n) is 5.70. The molecular formula is C13H14N4O2.